The predicted molar refractivity (Wildman–Crippen MR) is 82.7 cm³/mol. The number of hydrogen-bond donors (Lipinski definition) is 3. The van der Waals surface area contributed by atoms with Crippen LogP contribution in [0.5, 0.6) is 0 Å². The van der Waals surface area contributed by atoms with E-state index in [1.165, 1.54) is 12.8 Å². The molecule has 2 aliphatic carbocycles. The molecule has 20 heavy (non-hydrogen) atoms. The molecule has 0 heterocycles. The van der Waals surface area contributed by atoms with Gasteiger partial charge in [0, 0.05) is 19.1 Å². The second kappa shape index (κ2) is 8.20. The molecular weight excluding hydrogens is 276 g/mol. The number of hydrogen-bond acceptors (Lipinski definition) is 3. The molecule has 1 amide bonds. The maximum absolute atomic E-state index is 12.3. The van der Waals surface area contributed by atoms with Gasteiger partial charge in [-0.3, -0.25) is 4.79 Å². The molecular formula is C15H29ClN2O2. The Kier molecular flexibility index (Phi) is 7.27. The fourth-order valence-corrected chi connectivity index (χ4v) is 3.95. The third kappa shape index (κ3) is 4.09. The highest BCUT2D eigenvalue weighted by Gasteiger charge is 2.36. The highest BCUT2D eigenvalue weighted by atomic mass is 35.5. The minimum Gasteiger partial charge on any atom is -0.396 e. The molecule has 0 bridgehead atoms. The van der Waals surface area contributed by atoms with E-state index in [2.05, 4.69) is 5.32 Å². The monoisotopic (exact) mass is 304 g/mol. The Morgan fingerprint density at radius 1 is 1.25 bits per heavy atom. The van der Waals surface area contributed by atoms with Crippen molar-refractivity contribution in [3.63, 3.8) is 0 Å². The van der Waals surface area contributed by atoms with Crippen molar-refractivity contribution in [2.75, 3.05) is 19.7 Å². The molecule has 0 aromatic rings. The van der Waals surface area contributed by atoms with Gasteiger partial charge in [0.05, 0.1) is 0 Å². The maximum Gasteiger partial charge on any atom is 0.223 e. The van der Waals surface area contributed by atoms with Gasteiger partial charge in [-0.05, 0) is 50.0 Å². The van der Waals surface area contributed by atoms with Crippen LogP contribution in [0.1, 0.15) is 51.4 Å². The van der Waals surface area contributed by atoms with Gasteiger partial charge in [0.15, 0.2) is 0 Å². The standard InChI is InChI=1S/C15H28N2O2.ClH/c16-10-12-4-3-5-13(12)14(19)17-11-15(8-9-18)6-1-2-7-15;/h12-13,18H,1-11,16H2,(H,17,19);1H/t12-,13-;/m1./s1. The van der Waals surface area contributed by atoms with Gasteiger partial charge in [0.2, 0.25) is 5.91 Å². The van der Waals surface area contributed by atoms with E-state index in [-0.39, 0.29) is 36.3 Å². The van der Waals surface area contributed by atoms with E-state index in [0.717, 1.165) is 45.1 Å². The molecule has 0 unspecified atom stereocenters. The minimum atomic E-state index is 0. The van der Waals surface area contributed by atoms with Gasteiger partial charge in [0.1, 0.15) is 0 Å². The molecule has 4 nitrogen and oxygen atoms in total. The summed E-state index contributed by atoms with van der Waals surface area (Å²) in [5.41, 5.74) is 5.89. The highest BCUT2D eigenvalue weighted by Crippen LogP contribution is 2.40. The lowest BCUT2D eigenvalue weighted by atomic mass is 9.82. The molecule has 2 atom stereocenters. The van der Waals surface area contributed by atoms with Gasteiger partial charge in [-0.25, -0.2) is 0 Å². The maximum atomic E-state index is 12.3. The molecule has 5 heteroatoms. The second-order valence-electron chi connectivity index (χ2n) is 6.43. The van der Waals surface area contributed by atoms with Gasteiger partial charge < -0.3 is 16.2 Å². The number of carbonyl (C=O) groups excluding carboxylic acids is 1. The van der Waals surface area contributed by atoms with Crippen molar-refractivity contribution >= 4 is 18.3 Å². The molecule has 0 saturated heterocycles. The van der Waals surface area contributed by atoms with Gasteiger partial charge in [-0.2, -0.15) is 0 Å². The average Bonchev–Trinajstić information content (AvgIpc) is 3.05. The number of nitrogens with one attached hydrogen (secondary N) is 1. The Balaban J connectivity index is 0.00000200. The Bertz CT molecular complexity index is 306. The minimum absolute atomic E-state index is 0. The van der Waals surface area contributed by atoms with Crippen molar-refractivity contribution in [1.82, 2.24) is 5.32 Å². The summed E-state index contributed by atoms with van der Waals surface area (Å²) in [5.74, 6) is 0.687. The molecule has 0 spiro atoms. The second-order valence-corrected chi connectivity index (χ2v) is 6.43. The van der Waals surface area contributed by atoms with E-state index < -0.39 is 0 Å². The fourth-order valence-electron chi connectivity index (χ4n) is 3.95. The number of amides is 1. The van der Waals surface area contributed by atoms with Crippen LogP contribution in [-0.4, -0.2) is 30.7 Å². The predicted octanol–water partition coefficient (Wildman–Crippen LogP) is 1.84. The quantitative estimate of drug-likeness (QED) is 0.701. The number of aliphatic hydroxyl groups excluding tert-OH is 1. The van der Waals surface area contributed by atoms with Gasteiger partial charge in [0.25, 0.3) is 0 Å². The normalized spacial score (nSPS) is 28.1. The lowest BCUT2D eigenvalue weighted by molar-refractivity contribution is -0.126. The largest absolute Gasteiger partial charge is 0.396 e. The molecule has 2 fully saturated rings. The summed E-state index contributed by atoms with van der Waals surface area (Å²) < 4.78 is 0. The van der Waals surface area contributed by atoms with Crippen LogP contribution in [-0.2, 0) is 4.79 Å². The molecule has 2 rings (SSSR count). The number of nitrogens with two attached hydrogens (primary N) is 1. The summed E-state index contributed by atoms with van der Waals surface area (Å²) in [6, 6.07) is 0. The van der Waals surface area contributed by atoms with Gasteiger partial charge in [-0.1, -0.05) is 19.3 Å². The lowest BCUT2D eigenvalue weighted by Gasteiger charge is -2.29. The van der Waals surface area contributed by atoms with Crippen molar-refractivity contribution in [3.05, 3.63) is 0 Å². The average molecular weight is 305 g/mol. The zero-order chi connectivity index (χ0) is 13.7. The van der Waals surface area contributed by atoms with Crippen molar-refractivity contribution in [3.8, 4) is 0 Å². The van der Waals surface area contributed by atoms with Crippen molar-refractivity contribution in [1.29, 1.82) is 0 Å². The van der Waals surface area contributed by atoms with E-state index in [1.807, 2.05) is 0 Å². The lowest BCUT2D eigenvalue weighted by Crippen LogP contribution is -2.41. The molecule has 2 aliphatic rings. The van der Waals surface area contributed by atoms with Gasteiger partial charge >= 0.3 is 0 Å². The van der Waals surface area contributed by atoms with E-state index in [4.69, 9.17) is 5.73 Å². The Morgan fingerprint density at radius 2 is 1.95 bits per heavy atom. The van der Waals surface area contributed by atoms with Crippen LogP contribution in [0.4, 0.5) is 0 Å². The Labute approximate surface area is 128 Å². The molecule has 118 valence electrons. The molecule has 0 aromatic carbocycles. The van der Waals surface area contributed by atoms with Crippen LogP contribution < -0.4 is 11.1 Å². The summed E-state index contributed by atoms with van der Waals surface area (Å²) in [4.78, 5) is 12.3. The van der Waals surface area contributed by atoms with Crippen LogP contribution in [0.25, 0.3) is 0 Å². The summed E-state index contributed by atoms with van der Waals surface area (Å²) >= 11 is 0. The number of aliphatic hydroxyl groups is 1. The van der Waals surface area contributed by atoms with Crippen molar-refractivity contribution < 1.29 is 9.90 Å². The SMILES string of the molecule is Cl.NC[C@H]1CCC[C@H]1C(=O)NCC1(CCO)CCCC1. The molecule has 0 radical (unpaired) electrons. The highest BCUT2D eigenvalue weighted by molar-refractivity contribution is 5.85. The van der Waals surface area contributed by atoms with E-state index in [9.17, 15) is 9.90 Å². The first-order valence-electron chi connectivity index (χ1n) is 7.79. The topological polar surface area (TPSA) is 75.4 Å². The summed E-state index contributed by atoms with van der Waals surface area (Å²) in [6.07, 6.45) is 8.75. The molecule has 0 aliphatic heterocycles. The number of carbonyl (C=O) groups is 1. The number of halogens is 1. The first-order valence-corrected chi connectivity index (χ1v) is 7.79. The first kappa shape index (κ1) is 17.7. The molecule has 2 saturated carbocycles. The fraction of sp³-hybridized carbons (Fsp3) is 0.933. The van der Waals surface area contributed by atoms with Gasteiger partial charge in [-0.15, -0.1) is 12.4 Å². The number of rotatable bonds is 6. The summed E-state index contributed by atoms with van der Waals surface area (Å²) in [7, 11) is 0. The smallest absolute Gasteiger partial charge is 0.223 e. The Hall–Kier alpha value is -0.320. The van der Waals surface area contributed by atoms with Crippen LogP contribution in [0.3, 0.4) is 0 Å². The van der Waals surface area contributed by atoms with Crippen LogP contribution in [0.2, 0.25) is 0 Å². The van der Waals surface area contributed by atoms with E-state index in [1.54, 1.807) is 0 Å². The van der Waals surface area contributed by atoms with Crippen LogP contribution in [0.15, 0.2) is 0 Å². The molecule has 4 N–H and O–H groups in total. The third-order valence-corrected chi connectivity index (χ3v) is 5.24. The Morgan fingerprint density at radius 3 is 2.55 bits per heavy atom. The zero-order valence-electron chi connectivity index (χ0n) is 12.3. The van der Waals surface area contributed by atoms with E-state index >= 15 is 0 Å². The first-order chi connectivity index (χ1) is 9.21. The third-order valence-electron chi connectivity index (χ3n) is 5.24. The zero-order valence-corrected chi connectivity index (χ0v) is 13.1. The van der Waals surface area contributed by atoms with Crippen LogP contribution in [0, 0.1) is 17.3 Å². The van der Waals surface area contributed by atoms with E-state index in [0.29, 0.717) is 12.5 Å². The summed E-state index contributed by atoms with van der Waals surface area (Å²) in [6.45, 7) is 1.59. The van der Waals surface area contributed by atoms with Crippen LogP contribution >= 0.6 is 12.4 Å². The van der Waals surface area contributed by atoms with Crippen molar-refractivity contribution in [2.24, 2.45) is 23.0 Å². The summed E-state index contributed by atoms with van der Waals surface area (Å²) in [5, 5.41) is 12.4. The molecule has 0 aromatic heterocycles. The van der Waals surface area contributed by atoms with Crippen molar-refractivity contribution in [2.45, 2.75) is 51.4 Å².